The van der Waals surface area contributed by atoms with Crippen molar-refractivity contribution in [2.45, 2.75) is 56.9 Å². The molecule has 2 N–H and O–H groups in total. The zero-order chi connectivity index (χ0) is 16.7. The maximum atomic E-state index is 12.3. The summed E-state index contributed by atoms with van der Waals surface area (Å²) in [6.07, 6.45) is 5.59. The first-order valence-electron chi connectivity index (χ1n) is 8.24. The van der Waals surface area contributed by atoms with E-state index in [4.69, 9.17) is 4.74 Å². The topological polar surface area (TPSA) is 75.6 Å². The molecular formula is C18H25NO4. The maximum Gasteiger partial charge on any atom is 0.329 e. The highest BCUT2D eigenvalue weighted by Gasteiger charge is 2.39. The molecule has 1 aromatic rings. The van der Waals surface area contributed by atoms with Crippen LogP contribution in [0.2, 0.25) is 0 Å². The molecule has 0 atom stereocenters. The molecule has 1 aliphatic rings. The predicted octanol–water partition coefficient (Wildman–Crippen LogP) is 2.92. The number of hydrogen-bond acceptors (Lipinski definition) is 3. The van der Waals surface area contributed by atoms with Gasteiger partial charge in [-0.1, -0.05) is 43.9 Å². The molecule has 1 aliphatic carbocycles. The number of carbonyl (C=O) groups excluding carboxylic acids is 1. The van der Waals surface area contributed by atoms with Gasteiger partial charge in [0.1, 0.15) is 11.3 Å². The van der Waals surface area contributed by atoms with Crippen molar-refractivity contribution in [1.82, 2.24) is 5.32 Å². The van der Waals surface area contributed by atoms with Crippen LogP contribution in [0.3, 0.4) is 0 Å². The monoisotopic (exact) mass is 319 g/mol. The van der Waals surface area contributed by atoms with Gasteiger partial charge in [-0.3, -0.25) is 4.79 Å². The number of aryl methyl sites for hydroxylation is 1. The normalized spacial score (nSPS) is 17.1. The fourth-order valence-corrected chi connectivity index (χ4v) is 3.21. The van der Waals surface area contributed by atoms with Crippen LogP contribution in [-0.4, -0.2) is 29.6 Å². The zero-order valence-corrected chi connectivity index (χ0v) is 13.6. The number of methoxy groups -OCH3 is 1. The molecule has 1 amide bonds. The fourth-order valence-electron chi connectivity index (χ4n) is 3.21. The Bertz CT molecular complexity index is 548. The molecule has 5 nitrogen and oxygen atoms in total. The summed E-state index contributed by atoms with van der Waals surface area (Å²) in [6.45, 7) is 0. The first-order valence-corrected chi connectivity index (χ1v) is 8.24. The molecule has 0 aliphatic heterocycles. The van der Waals surface area contributed by atoms with Crippen molar-refractivity contribution in [2.75, 3.05) is 7.11 Å². The van der Waals surface area contributed by atoms with Gasteiger partial charge in [-0.15, -0.1) is 0 Å². The van der Waals surface area contributed by atoms with Gasteiger partial charge in [-0.25, -0.2) is 4.79 Å². The van der Waals surface area contributed by atoms with Crippen LogP contribution >= 0.6 is 0 Å². The molecule has 0 bridgehead atoms. The second kappa shape index (κ2) is 7.99. The molecule has 1 aromatic carbocycles. The van der Waals surface area contributed by atoms with Gasteiger partial charge < -0.3 is 15.2 Å². The standard InChI is InChI=1S/C18H25NO4/c1-23-15-9-5-4-8-14(15)10-11-16(20)19-18(17(21)22)12-6-2-3-7-13-18/h4-5,8-9H,2-3,6-7,10-13H2,1H3,(H,19,20)(H,21,22). The number of carboxylic acid groups (broad SMARTS) is 1. The Morgan fingerprint density at radius 1 is 1.17 bits per heavy atom. The van der Waals surface area contributed by atoms with Gasteiger partial charge in [0, 0.05) is 6.42 Å². The highest BCUT2D eigenvalue weighted by Crippen LogP contribution is 2.28. The minimum Gasteiger partial charge on any atom is -0.496 e. The van der Waals surface area contributed by atoms with Crippen molar-refractivity contribution in [3.8, 4) is 5.75 Å². The average Bonchev–Trinajstić information content (AvgIpc) is 2.79. The van der Waals surface area contributed by atoms with E-state index in [2.05, 4.69) is 5.32 Å². The van der Waals surface area contributed by atoms with Crippen LogP contribution in [0.1, 0.15) is 50.5 Å². The summed E-state index contributed by atoms with van der Waals surface area (Å²) in [5.74, 6) is -0.368. The van der Waals surface area contributed by atoms with Crippen molar-refractivity contribution < 1.29 is 19.4 Å². The van der Waals surface area contributed by atoms with Gasteiger partial charge in [0.25, 0.3) is 0 Å². The number of carbonyl (C=O) groups is 2. The number of hydrogen-bond donors (Lipinski definition) is 2. The molecule has 0 saturated heterocycles. The van der Waals surface area contributed by atoms with E-state index in [-0.39, 0.29) is 12.3 Å². The van der Waals surface area contributed by atoms with E-state index in [1.54, 1.807) is 7.11 Å². The van der Waals surface area contributed by atoms with Crippen LogP contribution in [-0.2, 0) is 16.0 Å². The molecular weight excluding hydrogens is 294 g/mol. The average molecular weight is 319 g/mol. The van der Waals surface area contributed by atoms with E-state index in [0.717, 1.165) is 37.0 Å². The second-order valence-electron chi connectivity index (χ2n) is 6.16. The van der Waals surface area contributed by atoms with Gasteiger partial charge in [-0.05, 0) is 30.9 Å². The van der Waals surface area contributed by atoms with Crippen molar-refractivity contribution >= 4 is 11.9 Å². The Balaban J connectivity index is 1.98. The number of aliphatic carboxylic acids is 1. The molecule has 0 aromatic heterocycles. The fraction of sp³-hybridized carbons (Fsp3) is 0.556. The van der Waals surface area contributed by atoms with Gasteiger partial charge >= 0.3 is 5.97 Å². The second-order valence-corrected chi connectivity index (χ2v) is 6.16. The number of para-hydroxylation sites is 1. The van der Waals surface area contributed by atoms with Crippen LogP contribution in [0, 0.1) is 0 Å². The lowest BCUT2D eigenvalue weighted by Crippen LogP contribution is -2.54. The smallest absolute Gasteiger partial charge is 0.329 e. The molecule has 126 valence electrons. The number of ether oxygens (including phenoxy) is 1. The van der Waals surface area contributed by atoms with E-state index in [1.807, 2.05) is 24.3 Å². The van der Waals surface area contributed by atoms with Crippen molar-refractivity contribution in [3.05, 3.63) is 29.8 Å². The minimum absolute atomic E-state index is 0.208. The van der Waals surface area contributed by atoms with Gasteiger partial charge in [0.15, 0.2) is 0 Å². The summed E-state index contributed by atoms with van der Waals surface area (Å²) in [6, 6.07) is 7.56. The van der Waals surface area contributed by atoms with Crippen LogP contribution < -0.4 is 10.1 Å². The van der Waals surface area contributed by atoms with E-state index < -0.39 is 11.5 Å². The molecule has 2 rings (SSSR count). The third-order valence-electron chi connectivity index (χ3n) is 4.56. The number of amides is 1. The van der Waals surface area contributed by atoms with E-state index in [9.17, 15) is 14.7 Å². The zero-order valence-electron chi connectivity index (χ0n) is 13.6. The Morgan fingerprint density at radius 2 is 1.83 bits per heavy atom. The van der Waals surface area contributed by atoms with E-state index in [1.165, 1.54) is 0 Å². The van der Waals surface area contributed by atoms with E-state index >= 15 is 0 Å². The lowest BCUT2D eigenvalue weighted by molar-refractivity contribution is -0.148. The highest BCUT2D eigenvalue weighted by atomic mass is 16.5. The number of nitrogens with one attached hydrogen (secondary N) is 1. The number of rotatable bonds is 6. The Hall–Kier alpha value is -2.04. The SMILES string of the molecule is COc1ccccc1CCC(=O)NC1(C(=O)O)CCCCCC1. The summed E-state index contributed by atoms with van der Waals surface area (Å²) in [5, 5.41) is 12.4. The largest absolute Gasteiger partial charge is 0.496 e. The molecule has 0 radical (unpaired) electrons. The maximum absolute atomic E-state index is 12.3. The van der Waals surface area contributed by atoms with Gasteiger partial charge in [0.05, 0.1) is 7.11 Å². The van der Waals surface area contributed by atoms with Crippen LogP contribution in [0.4, 0.5) is 0 Å². The highest BCUT2D eigenvalue weighted by molar-refractivity contribution is 5.87. The summed E-state index contributed by atoms with van der Waals surface area (Å²) < 4.78 is 5.28. The van der Waals surface area contributed by atoms with Crippen LogP contribution in [0.15, 0.2) is 24.3 Å². The number of benzene rings is 1. The lowest BCUT2D eigenvalue weighted by Gasteiger charge is -2.29. The Labute approximate surface area is 137 Å². The quantitative estimate of drug-likeness (QED) is 0.791. The molecule has 0 heterocycles. The predicted molar refractivity (Wildman–Crippen MR) is 87.5 cm³/mol. The molecule has 5 heteroatoms. The third-order valence-corrected chi connectivity index (χ3v) is 4.56. The lowest BCUT2D eigenvalue weighted by atomic mass is 9.90. The molecule has 23 heavy (non-hydrogen) atoms. The van der Waals surface area contributed by atoms with Crippen molar-refractivity contribution in [3.63, 3.8) is 0 Å². The van der Waals surface area contributed by atoms with Gasteiger partial charge in [0.2, 0.25) is 5.91 Å². The summed E-state index contributed by atoms with van der Waals surface area (Å²) in [5.41, 5.74) is -0.135. The van der Waals surface area contributed by atoms with Gasteiger partial charge in [-0.2, -0.15) is 0 Å². The van der Waals surface area contributed by atoms with E-state index in [0.29, 0.717) is 19.3 Å². The van der Waals surface area contributed by atoms with Crippen molar-refractivity contribution in [1.29, 1.82) is 0 Å². The first kappa shape index (κ1) is 17.3. The Kier molecular flexibility index (Phi) is 6.02. The van der Waals surface area contributed by atoms with Crippen LogP contribution in [0.25, 0.3) is 0 Å². The Morgan fingerprint density at radius 3 is 2.43 bits per heavy atom. The van der Waals surface area contributed by atoms with Crippen molar-refractivity contribution in [2.24, 2.45) is 0 Å². The first-order chi connectivity index (χ1) is 11.1. The number of carboxylic acids is 1. The summed E-state index contributed by atoms with van der Waals surface area (Å²) in [4.78, 5) is 24.0. The third kappa shape index (κ3) is 4.47. The molecule has 1 saturated carbocycles. The molecule has 1 fully saturated rings. The van der Waals surface area contributed by atoms with Crippen LogP contribution in [0.5, 0.6) is 5.75 Å². The minimum atomic E-state index is -1.09. The molecule has 0 spiro atoms. The summed E-state index contributed by atoms with van der Waals surface area (Å²) >= 11 is 0. The summed E-state index contributed by atoms with van der Waals surface area (Å²) in [7, 11) is 1.60. The molecule has 0 unspecified atom stereocenters.